The highest BCUT2D eigenvalue weighted by Crippen LogP contribution is 2.20. The third-order valence-electron chi connectivity index (χ3n) is 3.90. The van der Waals surface area contributed by atoms with E-state index in [0.29, 0.717) is 23.8 Å². The summed E-state index contributed by atoms with van der Waals surface area (Å²) in [5, 5.41) is 6.52. The van der Waals surface area contributed by atoms with Gasteiger partial charge in [0.15, 0.2) is 5.96 Å². The Bertz CT molecular complexity index is 745. The van der Waals surface area contributed by atoms with E-state index in [1.807, 2.05) is 24.3 Å². The van der Waals surface area contributed by atoms with Crippen LogP contribution in [0.1, 0.15) is 21.5 Å². The molecular formula is C20H25N3O3. The van der Waals surface area contributed by atoms with Crippen molar-refractivity contribution in [2.75, 3.05) is 27.8 Å². The number of guanidine groups is 1. The fraction of sp³-hybridized carbons (Fsp3) is 0.300. The molecule has 2 N–H and O–H groups in total. The van der Waals surface area contributed by atoms with Gasteiger partial charge in [-0.2, -0.15) is 0 Å². The molecule has 0 radical (unpaired) electrons. The molecule has 0 aliphatic rings. The smallest absolute Gasteiger partial charge is 0.341 e. The number of nitrogens with one attached hydrogen (secondary N) is 2. The molecule has 0 aliphatic heterocycles. The molecule has 6 nitrogen and oxygen atoms in total. The number of aliphatic imine (C=N–C) groups is 1. The van der Waals surface area contributed by atoms with Crippen molar-refractivity contribution in [1.82, 2.24) is 10.6 Å². The van der Waals surface area contributed by atoms with Crippen molar-refractivity contribution in [2.45, 2.75) is 13.0 Å². The van der Waals surface area contributed by atoms with Gasteiger partial charge in [0.25, 0.3) is 0 Å². The normalized spacial score (nSPS) is 11.0. The number of methoxy groups -OCH3 is 2. The summed E-state index contributed by atoms with van der Waals surface area (Å²) in [6.07, 6.45) is 0.913. The number of rotatable bonds is 7. The van der Waals surface area contributed by atoms with Crippen molar-refractivity contribution in [3.8, 4) is 5.75 Å². The molecule has 0 saturated carbocycles. The van der Waals surface area contributed by atoms with Crippen molar-refractivity contribution in [2.24, 2.45) is 4.99 Å². The van der Waals surface area contributed by atoms with E-state index in [1.54, 1.807) is 19.2 Å². The van der Waals surface area contributed by atoms with Gasteiger partial charge in [-0.15, -0.1) is 0 Å². The summed E-state index contributed by atoms with van der Waals surface area (Å²) >= 11 is 0. The zero-order valence-corrected chi connectivity index (χ0v) is 15.4. The van der Waals surface area contributed by atoms with Crippen LogP contribution in [-0.4, -0.2) is 39.7 Å². The standard InChI is InChI=1S/C20H25N3O3/c1-21-20(22-12-11-15-7-5-4-6-8-15)23-14-16-9-10-18(25-2)17(13-16)19(24)26-3/h4-10,13H,11-12,14H2,1-3H3,(H2,21,22,23). The molecule has 6 heteroatoms. The van der Waals surface area contributed by atoms with Gasteiger partial charge < -0.3 is 20.1 Å². The summed E-state index contributed by atoms with van der Waals surface area (Å²) in [7, 11) is 4.61. The van der Waals surface area contributed by atoms with Gasteiger partial charge in [-0.25, -0.2) is 4.79 Å². The molecule has 2 aromatic rings. The van der Waals surface area contributed by atoms with Crippen LogP contribution >= 0.6 is 0 Å². The maximum atomic E-state index is 11.9. The van der Waals surface area contributed by atoms with E-state index in [1.165, 1.54) is 19.8 Å². The first-order chi connectivity index (χ1) is 12.7. The number of hydrogen-bond donors (Lipinski definition) is 2. The molecule has 0 atom stereocenters. The maximum Gasteiger partial charge on any atom is 0.341 e. The number of carbonyl (C=O) groups is 1. The number of ether oxygens (including phenoxy) is 2. The monoisotopic (exact) mass is 355 g/mol. The fourth-order valence-electron chi connectivity index (χ4n) is 2.51. The molecule has 0 aliphatic carbocycles. The highest BCUT2D eigenvalue weighted by molar-refractivity contribution is 5.92. The Hall–Kier alpha value is -3.02. The van der Waals surface area contributed by atoms with Gasteiger partial charge >= 0.3 is 5.97 Å². The average molecular weight is 355 g/mol. The van der Waals surface area contributed by atoms with E-state index in [9.17, 15) is 4.79 Å². The second-order valence-corrected chi connectivity index (χ2v) is 5.61. The molecule has 0 amide bonds. The number of carbonyl (C=O) groups excluding carboxylic acids is 1. The molecule has 0 heterocycles. The lowest BCUT2D eigenvalue weighted by Gasteiger charge is -2.13. The van der Waals surface area contributed by atoms with Crippen LogP contribution in [0, 0.1) is 0 Å². The van der Waals surface area contributed by atoms with E-state index in [4.69, 9.17) is 9.47 Å². The highest BCUT2D eigenvalue weighted by Gasteiger charge is 2.13. The van der Waals surface area contributed by atoms with Gasteiger partial charge in [-0.05, 0) is 29.7 Å². The molecule has 26 heavy (non-hydrogen) atoms. The fourth-order valence-corrected chi connectivity index (χ4v) is 2.51. The highest BCUT2D eigenvalue weighted by atomic mass is 16.5. The third-order valence-corrected chi connectivity index (χ3v) is 3.90. The Balaban J connectivity index is 1.90. The molecule has 0 aromatic heterocycles. The molecule has 2 aromatic carbocycles. The molecule has 0 saturated heterocycles. The van der Waals surface area contributed by atoms with Gasteiger partial charge in [-0.3, -0.25) is 4.99 Å². The van der Waals surface area contributed by atoms with Crippen molar-refractivity contribution in [3.05, 3.63) is 65.2 Å². The van der Waals surface area contributed by atoms with Crippen LogP contribution in [0.15, 0.2) is 53.5 Å². The summed E-state index contributed by atoms with van der Waals surface area (Å²) in [5.74, 6) is 0.774. The van der Waals surface area contributed by atoms with Gasteiger partial charge in [0.1, 0.15) is 11.3 Å². The van der Waals surface area contributed by atoms with Crippen LogP contribution in [0.3, 0.4) is 0 Å². The predicted molar refractivity (Wildman–Crippen MR) is 103 cm³/mol. The van der Waals surface area contributed by atoms with E-state index < -0.39 is 5.97 Å². The minimum Gasteiger partial charge on any atom is -0.496 e. The molecule has 0 bridgehead atoms. The summed E-state index contributed by atoms with van der Waals surface area (Å²) in [6.45, 7) is 1.30. The zero-order chi connectivity index (χ0) is 18.8. The van der Waals surface area contributed by atoms with Gasteiger partial charge in [-0.1, -0.05) is 36.4 Å². The van der Waals surface area contributed by atoms with Crippen molar-refractivity contribution in [3.63, 3.8) is 0 Å². The second-order valence-electron chi connectivity index (χ2n) is 5.61. The van der Waals surface area contributed by atoms with Gasteiger partial charge in [0.05, 0.1) is 14.2 Å². The molecule has 138 valence electrons. The zero-order valence-electron chi connectivity index (χ0n) is 15.4. The predicted octanol–water partition coefficient (Wildman–Crippen LogP) is 2.39. The van der Waals surface area contributed by atoms with Gasteiger partial charge in [0, 0.05) is 20.1 Å². The SMILES string of the molecule is CN=C(NCCc1ccccc1)NCc1ccc(OC)c(C(=O)OC)c1. The first-order valence-electron chi connectivity index (χ1n) is 8.41. The summed E-state index contributed by atoms with van der Waals surface area (Å²) in [6, 6.07) is 15.7. The Labute approximate surface area is 154 Å². The minimum absolute atomic E-state index is 0.404. The van der Waals surface area contributed by atoms with Crippen LogP contribution in [0.4, 0.5) is 0 Å². The third kappa shape index (κ3) is 5.51. The first-order valence-corrected chi connectivity index (χ1v) is 8.41. The van der Waals surface area contributed by atoms with Gasteiger partial charge in [0.2, 0.25) is 0 Å². The molecule has 0 spiro atoms. The van der Waals surface area contributed by atoms with Crippen LogP contribution in [0.5, 0.6) is 5.75 Å². The Morgan fingerprint density at radius 1 is 1.04 bits per heavy atom. The van der Waals surface area contributed by atoms with E-state index in [-0.39, 0.29) is 0 Å². The van der Waals surface area contributed by atoms with Crippen molar-refractivity contribution in [1.29, 1.82) is 0 Å². The molecular weight excluding hydrogens is 330 g/mol. The molecule has 0 fully saturated rings. The lowest BCUT2D eigenvalue weighted by molar-refractivity contribution is 0.0597. The quantitative estimate of drug-likeness (QED) is 0.453. The number of esters is 1. The maximum absolute atomic E-state index is 11.9. The largest absolute Gasteiger partial charge is 0.496 e. The van der Waals surface area contributed by atoms with Crippen LogP contribution < -0.4 is 15.4 Å². The van der Waals surface area contributed by atoms with Crippen molar-refractivity contribution >= 4 is 11.9 Å². The Morgan fingerprint density at radius 3 is 2.46 bits per heavy atom. The molecule has 2 rings (SSSR count). The van der Waals surface area contributed by atoms with E-state index in [0.717, 1.165) is 18.5 Å². The Morgan fingerprint density at radius 2 is 1.81 bits per heavy atom. The lowest BCUT2D eigenvalue weighted by atomic mass is 10.1. The van der Waals surface area contributed by atoms with Crippen LogP contribution in [0.25, 0.3) is 0 Å². The van der Waals surface area contributed by atoms with Crippen LogP contribution in [-0.2, 0) is 17.7 Å². The summed E-state index contributed by atoms with van der Waals surface area (Å²) in [5.41, 5.74) is 2.60. The number of hydrogen-bond acceptors (Lipinski definition) is 4. The minimum atomic E-state index is -0.422. The number of nitrogens with zero attached hydrogens (tertiary/aromatic N) is 1. The lowest BCUT2D eigenvalue weighted by Crippen LogP contribution is -2.37. The topological polar surface area (TPSA) is 72.0 Å². The number of benzene rings is 2. The second kappa shape index (κ2) is 10.1. The van der Waals surface area contributed by atoms with E-state index >= 15 is 0 Å². The summed E-state index contributed by atoms with van der Waals surface area (Å²) < 4.78 is 10.0. The first kappa shape index (κ1) is 19.3. The molecule has 0 unspecified atom stereocenters. The van der Waals surface area contributed by atoms with E-state index in [2.05, 4.69) is 27.8 Å². The van der Waals surface area contributed by atoms with Crippen LogP contribution in [0.2, 0.25) is 0 Å². The average Bonchev–Trinajstić information content (AvgIpc) is 2.70. The summed E-state index contributed by atoms with van der Waals surface area (Å²) in [4.78, 5) is 16.1. The Kier molecular flexibility index (Phi) is 7.49. The van der Waals surface area contributed by atoms with Crippen molar-refractivity contribution < 1.29 is 14.3 Å².